The van der Waals surface area contributed by atoms with Crippen LogP contribution in [0.25, 0.3) is 0 Å². The van der Waals surface area contributed by atoms with Crippen molar-refractivity contribution in [3.63, 3.8) is 0 Å². The molecule has 0 aromatic carbocycles. The number of hydrogen-bond donors (Lipinski definition) is 1. The minimum Gasteiger partial charge on any atom is -0.339 e. The van der Waals surface area contributed by atoms with Crippen molar-refractivity contribution in [2.45, 2.75) is 6.92 Å². The van der Waals surface area contributed by atoms with E-state index in [4.69, 9.17) is 5.26 Å². The van der Waals surface area contributed by atoms with E-state index in [1.165, 1.54) is 0 Å². The second-order valence-electron chi connectivity index (χ2n) is 3.18. The summed E-state index contributed by atoms with van der Waals surface area (Å²) in [5.74, 6) is 0.744. The van der Waals surface area contributed by atoms with Crippen LogP contribution in [-0.2, 0) is 7.05 Å². The molecule has 15 heavy (non-hydrogen) atoms. The Kier molecular flexibility index (Phi) is 2.44. The van der Waals surface area contributed by atoms with Gasteiger partial charge in [-0.3, -0.25) is 4.68 Å². The third-order valence-corrected chi connectivity index (χ3v) is 2.80. The lowest BCUT2D eigenvalue weighted by molar-refractivity contribution is 0.765. The van der Waals surface area contributed by atoms with Crippen LogP contribution in [0.1, 0.15) is 11.3 Å². The molecule has 2 rings (SSSR count). The molecule has 0 aliphatic heterocycles. The highest BCUT2D eigenvalue weighted by atomic mass is 32.1. The van der Waals surface area contributed by atoms with E-state index in [-0.39, 0.29) is 0 Å². The van der Waals surface area contributed by atoms with Gasteiger partial charge >= 0.3 is 0 Å². The van der Waals surface area contributed by atoms with E-state index in [9.17, 15) is 0 Å². The highest BCUT2D eigenvalue weighted by molar-refractivity contribution is 7.08. The van der Waals surface area contributed by atoms with E-state index in [1.807, 2.05) is 30.8 Å². The monoisotopic (exact) mass is 218 g/mol. The van der Waals surface area contributed by atoms with Crippen LogP contribution >= 0.6 is 11.3 Å². The number of hydrogen-bond acceptors (Lipinski definition) is 4. The number of thiophene rings is 1. The van der Waals surface area contributed by atoms with Gasteiger partial charge in [-0.2, -0.15) is 21.7 Å². The minimum absolute atomic E-state index is 0.601. The van der Waals surface area contributed by atoms with Crippen molar-refractivity contribution in [1.82, 2.24) is 9.78 Å². The van der Waals surface area contributed by atoms with Crippen molar-refractivity contribution in [2.24, 2.45) is 7.05 Å². The first kappa shape index (κ1) is 9.74. The molecule has 0 atom stereocenters. The molecule has 1 N–H and O–H groups in total. The molecule has 0 amide bonds. The van der Waals surface area contributed by atoms with Crippen molar-refractivity contribution in [2.75, 3.05) is 5.32 Å². The molecule has 0 bridgehead atoms. The fraction of sp³-hybridized carbons (Fsp3) is 0.200. The van der Waals surface area contributed by atoms with Crippen molar-refractivity contribution in [3.8, 4) is 6.07 Å². The molecule has 76 valence electrons. The van der Waals surface area contributed by atoms with E-state index >= 15 is 0 Å². The van der Waals surface area contributed by atoms with Crippen LogP contribution in [0.4, 0.5) is 11.5 Å². The molecule has 2 aromatic heterocycles. The Labute approximate surface area is 91.8 Å². The third kappa shape index (κ3) is 1.72. The summed E-state index contributed by atoms with van der Waals surface area (Å²) in [5.41, 5.74) is 2.33. The van der Waals surface area contributed by atoms with E-state index in [1.54, 1.807) is 16.0 Å². The maximum absolute atomic E-state index is 9.00. The molecule has 0 unspecified atom stereocenters. The van der Waals surface area contributed by atoms with Crippen LogP contribution in [0.3, 0.4) is 0 Å². The Morgan fingerprint density at radius 1 is 1.60 bits per heavy atom. The van der Waals surface area contributed by atoms with E-state index in [2.05, 4.69) is 16.5 Å². The van der Waals surface area contributed by atoms with Gasteiger partial charge in [0.05, 0.1) is 11.4 Å². The molecule has 2 heterocycles. The molecule has 0 saturated heterocycles. The first-order chi connectivity index (χ1) is 7.22. The van der Waals surface area contributed by atoms with Gasteiger partial charge in [-0.15, -0.1) is 0 Å². The first-order valence-electron chi connectivity index (χ1n) is 4.45. The number of nitriles is 1. The molecule has 5 heteroatoms. The largest absolute Gasteiger partial charge is 0.339 e. The summed E-state index contributed by atoms with van der Waals surface area (Å²) in [5, 5.41) is 20.4. The number of aryl methyl sites for hydroxylation is 2. The Hall–Kier alpha value is -1.80. The third-order valence-electron chi connectivity index (χ3n) is 2.12. The van der Waals surface area contributed by atoms with Gasteiger partial charge in [-0.05, 0) is 18.4 Å². The Morgan fingerprint density at radius 2 is 2.40 bits per heavy atom. The number of rotatable bonds is 2. The molecular formula is C10H10N4S. The zero-order chi connectivity index (χ0) is 10.8. The standard InChI is InChI=1S/C10H10N4S/c1-7-9(5-11)10(14(2)13-7)12-8-3-4-15-6-8/h3-4,6,12H,1-2H3. The number of nitrogens with zero attached hydrogens (tertiary/aromatic N) is 3. The summed E-state index contributed by atoms with van der Waals surface area (Å²) in [6, 6.07) is 4.12. The maximum atomic E-state index is 9.00. The van der Waals surface area contributed by atoms with Crippen LogP contribution in [0, 0.1) is 18.3 Å². The summed E-state index contributed by atoms with van der Waals surface area (Å²) in [4.78, 5) is 0. The molecule has 0 fully saturated rings. The Morgan fingerprint density at radius 3 is 3.00 bits per heavy atom. The molecule has 0 radical (unpaired) electrons. The number of nitrogens with one attached hydrogen (secondary N) is 1. The van der Waals surface area contributed by atoms with Crippen LogP contribution in [0.15, 0.2) is 16.8 Å². The summed E-state index contributed by atoms with van der Waals surface area (Å²) < 4.78 is 1.69. The van der Waals surface area contributed by atoms with Crippen LogP contribution in [0.2, 0.25) is 0 Å². The van der Waals surface area contributed by atoms with Gasteiger partial charge in [0, 0.05) is 12.4 Å². The zero-order valence-electron chi connectivity index (χ0n) is 8.48. The predicted molar refractivity (Wildman–Crippen MR) is 60.3 cm³/mol. The average Bonchev–Trinajstić information content (AvgIpc) is 2.77. The van der Waals surface area contributed by atoms with Crippen LogP contribution in [-0.4, -0.2) is 9.78 Å². The zero-order valence-corrected chi connectivity index (χ0v) is 9.30. The molecule has 0 aliphatic carbocycles. The molecule has 0 saturated carbocycles. The van der Waals surface area contributed by atoms with Gasteiger partial charge in [0.2, 0.25) is 0 Å². The second-order valence-corrected chi connectivity index (χ2v) is 3.96. The van der Waals surface area contributed by atoms with Gasteiger partial charge in [0.15, 0.2) is 0 Å². The Bertz CT molecular complexity index is 504. The summed E-state index contributed by atoms with van der Waals surface area (Å²) in [6.07, 6.45) is 0. The van der Waals surface area contributed by atoms with Gasteiger partial charge in [-0.25, -0.2) is 0 Å². The molecule has 0 aliphatic rings. The normalized spacial score (nSPS) is 9.93. The lowest BCUT2D eigenvalue weighted by atomic mass is 10.2. The summed E-state index contributed by atoms with van der Waals surface area (Å²) in [6.45, 7) is 1.83. The molecule has 4 nitrogen and oxygen atoms in total. The lowest BCUT2D eigenvalue weighted by Gasteiger charge is -2.03. The smallest absolute Gasteiger partial charge is 0.146 e. The second kappa shape index (κ2) is 3.75. The first-order valence-corrected chi connectivity index (χ1v) is 5.39. The lowest BCUT2D eigenvalue weighted by Crippen LogP contribution is -1.99. The van der Waals surface area contributed by atoms with Gasteiger partial charge in [0.25, 0.3) is 0 Å². The van der Waals surface area contributed by atoms with Crippen LogP contribution in [0.5, 0.6) is 0 Å². The molecule has 0 spiro atoms. The highest BCUT2D eigenvalue weighted by Gasteiger charge is 2.12. The minimum atomic E-state index is 0.601. The van der Waals surface area contributed by atoms with Crippen molar-refractivity contribution in [1.29, 1.82) is 5.26 Å². The number of anilines is 2. The molecule has 2 aromatic rings. The van der Waals surface area contributed by atoms with Gasteiger partial charge in [0.1, 0.15) is 17.5 Å². The summed E-state index contributed by atoms with van der Waals surface area (Å²) in [7, 11) is 1.82. The van der Waals surface area contributed by atoms with E-state index in [0.29, 0.717) is 5.56 Å². The fourth-order valence-electron chi connectivity index (χ4n) is 1.41. The maximum Gasteiger partial charge on any atom is 0.146 e. The van der Waals surface area contributed by atoms with Gasteiger partial charge < -0.3 is 5.32 Å². The number of aromatic nitrogens is 2. The summed E-state index contributed by atoms with van der Waals surface area (Å²) >= 11 is 1.61. The van der Waals surface area contributed by atoms with Gasteiger partial charge in [-0.1, -0.05) is 0 Å². The van der Waals surface area contributed by atoms with Crippen molar-refractivity contribution in [3.05, 3.63) is 28.1 Å². The highest BCUT2D eigenvalue weighted by Crippen LogP contribution is 2.23. The van der Waals surface area contributed by atoms with Crippen molar-refractivity contribution >= 4 is 22.8 Å². The quantitative estimate of drug-likeness (QED) is 0.842. The van der Waals surface area contributed by atoms with Crippen LogP contribution < -0.4 is 5.32 Å². The van der Waals surface area contributed by atoms with Crippen molar-refractivity contribution < 1.29 is 0 Å². The Balaban J connectivity index is 2.40. The van der Waals surface area contributed by atoms with E-state index in [0.717, 1.165) is 17.2 Å². The average molecular weight is 218 g/mol. The molecular weight excluding hydrogens is 208 g/mol. The SMILES string of the molecule is Cc1nn(C)c(Nc2ccsc2)c1C#N. The topological polar surface area (TPSA) is 53.6 Å². The predicted octanol–water partition coefficient (Wildman–Crippen LogP) is 2.41. The van der Waals surface area contributed by atoms with E-state index < -0.39 is 0 Å². The fourth-order valence-corrected chi connectivity index (χ4v) is 2.00.